The van der Waals surface area contributed by atoms with Crippen molar-refractivity contribution < 1.29 is 14.3 Å². The zero-order chi connectivity index (χ0) is 17.6. The maximum atomic E-state index is 12.6. The second-order valence-electron chi connectivity index (χ2n) is 6.37. The summed E-state index contributed by atoms with van der Waals surface area (Å²) in [5.41, 5.74) is 3.47. The molecule has 1 aliphatic carbocycles. The van der Waals surface area contributed by atoms with Crippen molar-refractivity contribution in [2.45, 2.75) is 45.1 Å². The Morgan fingerprint density at radius 2 is 1.88 bits per heavy atom. The van der Waals surface area contributed by atoms with Gasteiger partial charge in [0.2, 0.25) is 0 Å². The fourth-order valence-electron chi connectivity index (χ4n) is 3.19. The number of ether oxygens (including phenoxy) is 2. The van der Waals surface area contributed by atoms with Crippen molar-refractivity contribution in [1.29, 1.82) is 0 Å². The first-order valence-corrected chi connectivity index (χ1v) is 8.93. The molecule has 0 fully saturated rings. The van der Waals surface area contributed by atoms with Crippen LogP contribution in [0.15, 0.2) is 42.5 Å². The highest BCUT2D eigenvalue weighted by molar-refractivity contribution is 5.94. The molecule has 1 atom stereocenters. The summed E-state index contributed by atoms with van der Waals surface area (Å²) in [6, 6.07) is 13.5. The Bertz CT molecular complexity index is 742. The van der Waals surface area contributed by atoms with Crippen molar-refractivity contribution in [3.63, 3.8) is 0 Å². The Labute approximate surface area is 149 Å². The first-order chi connectivity index (χ1) is 12.2. The van der Waals surface area contributed by atoms with Crippen LogP contribution in [0.5, 0.6) is 11.5 Å². The predicted molar refractivity (Wildman–Crippen MR) is 99.4 cm³/mol. The number of carbonyl (C=O) groups is 1. The largest absolute Gasteiger partial charge is 0.497 e. The van der Waals surface area contributed by atoms with Crippen LogP contribution >= 0.6 is 0 Å². The van der Waals surface area contributed by atoms with Gasteiger partial charge in [-0.25, -0.2) is 0 Å². The summed E-state index contributed by atoms with van der Waals surface area (Å²) in [7, 11) is 1.61. The Balaban J connectivity index is 1.68. The zero-order valence-electron chi connectivity index (χ0n) is 14.9. The summed E-state index contributed by atoms with van der Waals surface area (Å²) >= 11 is 0. The minimum Gasteiger partial charge on any atom is -0.497 e. The molecule has 0 saturated heterocycles. The van der Waals surface area contributed by atoms with Crippen molar-refractivity contribution in [2.75, 3.05) is 12.4 Å². The van der Waals surface area contributed by atoms with E-state index in [0.29, 0.717) is 17.9 Å². The molecule has 2 aromatic rings. The molecule has 3 rings (SSSR count). The maximum absolute atomic E-state index is 12.6. The number of benzene rings is 2. The zero-order valence-corrected chi connectivity index (χ0v) is 14.9. The quantitative estimate of drug-likeness (QED) is 0.850. The molecule has 1 N–H and O–H groups in total. The standard InChI is InChI=1S/C21H25NO3/c1-3-20(21(23)22-17-9-6-10-18(14-17)24-2)25-19-12-11-15-7-4-5-8-16(15)13-19/h6,9-14,20H,3-5,7-8H2,1-2H3,(H,22,23). The van der Waals surface area contributed by atoms with Crippen molar-refractivity contribution >= 4 is 11.6 Å². The predicted octanol–water partition coefficient (Wildman–Crippen LogP) is 4.37. The van der Waals surface area contributed by atoms with Crippen LogP contribution in [0.2, 0.25) is 0 Å². The van der Waals surface area contributed by atoms with Crippen LogP contribution in [-0.4, -0.2) is 19.1 Å². The van der Waals surface area contributed by atoms with Gasteiger partial charge in [-0.1, -0.05) is 19.1 Å². The van der Waals surface area contributed by atoms with Gasteiger partial charge in [-0.2, -0.15) is 0 Å². The van der Waals surface area contributed by atoms with E-state index in [1.165, 1.54) is 24.0 Å². The first-order valence-electron chi connectivity index (χ1n) is 8.93. The van der Waals surface area contributed by atoms with Gasteiger partial charge in [-0.3, -0.25) is 4.79 Å². The minimum absolute atomic E-state index is 0.145. The molecule has 0 spiro atoms. The van der Waals surface area contributed by atoms with E-state index in [1.807, 2.05) is 31.2 Å². The second kappa shape index (κ2) is 8.06. The van der Waals surface area contributed by atoms with Crippen LogP contribution in [0.25, 0.3) is 0 Å². The van der Waals surface area contributed by atoms with Gasteiger partial charge < -0.3 is 14.8 Å². The normalized spacial score (nSPS) is 14.3. The Morgan fingerprint density at radius 1 is 1.08 bits per heavy atom. The average Bonchev–Trinajstić information content (AvgIpc) is 2.66. The van der Waals surface area contributed by atoms with Crippen LogP contribution < -0.4 is 14.8 Å². The van der Waals surface area contributed by atoms with Crippen LogP contribution in [0.1, 0.15) is 37.3 Å². The molecule has 1 aliphatic rings. The second-order valence-corrected chi connectivity index (χ2v) is 6.37. The van der Waals surface area contributed by atoms with Crippen molar-refractivity contribution in [2.24, 2.45) is 0 Å². The van der Waals surface area contributed by atoms with Crippen LogP contribution in [0.3, 0.4) is 0 Å². The lowest BCUT2D eigenvalue weighted by atomic mass is 9.92. The third kappa shape index (κ3) is 4.32. The molecule has 0 saturated carbocycles. The van der Waals surface area contributed by atoms with Gasteiger partial charge in [0.15, 0.2) is 6.10 Å². The van der Waals surface area contributed by atoms with E-state index in [1.54, 1.807) is 13.2 Å². The van der Waals surface area contributed by atoms with Gasteiger partial charge in [-0.05, 0) is 67.5 Å². The fourth-order valence-corrected chi connectivity index (χ4v) is 3.19. The number of methoxy groups -OCH3 is 1. The topological polar surface area (TPSA) is 47.6 Å². The van der Waals surface area contributed by atoms with Crippen molar-refractivity contribution in [1.82, 2.24) is 0 Å². The number of hydrogen-bond donors (Lipinski definition) is 1. The Hall–Kier alpha value is -2.49. The van der Waals surface area contributed by atoms with E-state index in [4.69, 9.17) is 9.47 Å². The van der Waals surface area contributed by atoms with Crippen molar-refractivity contribution in [3.05, 3.63) is 53.6 Å². The molecule has 4 nitrogen and oxygen atoms in total. The smallest absolute Gasteiger partial charge is 0.265 e. The van der Waals surface area contributed by atoms with E-state index < -0.39 is 6.10 Å². The highest BCUT2D eigenvalue weighted by atomic mass is 16.5. The van der Waals surface area contributed by atoms with Gasteiger partial charge >= 0.3 is 0 Å². The lowest BCUT2D eigenvalue weighted by Crippen LogP contribution is -2.32. The molecule has 1 unspecified atom stereocenters. The van der Waals surface area contributed by atoms with Crippen LogP contribution in [0.4, 0.5) is 5.69 Å². The van der Waals surface area contributed by atoms with E-state index in [9.17, 15) is 4.79 Å². The summed E-state index contributed by atoms with van der Waals surface area (Å²) in [4.78, 5) is 12.6. The molecule has 1 amide bonds. The van der Waals surface area contributed by atoms with Gasteiger partial charge in [0.05, 0.1) is 7.11 Å². The molecule has 0 bridgehead atoms. The summed E-state index contributed by atoms with van der Waals surface area (Å²) in [6.45, 7) is 1.95. The highest BCUT2D eigenvalue weighted by Crippen LogP contribution is 2.26. The SMILES string of the molecule is CCC(Oc1ccc2c(c1)CCCC2)C(=O)Nc1cccc(OC)c1. The number of fused-ring (bicyclic) bond motifs is 1. The third-order valence-electron chi connectivity index (χ3n) is 4.60. The molecule has 2 aromatic carbocycles. The van der Waals surface area contributed by atoms with Crippen LogP contribution in [0, 0.1) is 0 Å². The van der Waals surface area contributed by atoms with Gasteiger partial charge in [0.1, 0.15) is 11.5 Å². The molecule has 0 aromatic heterocycles. The van der Waals surface area contributed by atoms with Crippen molar-refractivity contribution in [3.8, 4) is 11.5 Å². The maximum Gasteiger partial charge on any atom is 0.265 e. The Kier molecular flexibility index (Phi) is 5.59. The monoisotopic (exact) mass is 339 g/mol. The Morgan fingerprint density at radius 3 is 2.64 bits per heavy atom. The number of rotatable bonds is 6. The van der Waals surface area contributed by atoms with E-state index in [2.05, 4.69) is 17.4 Å². The summed E-state index contributed by atoms with van der Waals surface area (Å²) < 4.78 is 11.2. The molecular formula is C21H25NO3. The molecule has 0 aliphatic heterocycles. The molecule has 132 valence electrons. The fraction of sp³-hybridized carbons (Fsp3) is 0.381. The molecule has 4 heteroatoms. The summed E-state index contributed by atoms with van der Waals surface area (Å²) in [5, 5.41) is 2.91. The van der Waals surface area contributed by atoms with E-state index in [-0.39, 0.29) is 5.91 Å². The molecule has 0 heterocycles. The summed E-state index contributed by atoms with van der Waals surface area (Å²) in [5.74, 6) is 1.34. The number of hydrogen-bond acceptors (Lipinski definition) is 3. The molecule has 0 radical (unpaired) electrons. The van der Waals surface area contributed by atoms with Gasteiger partial charge in [0, 0.05) is 11.8 Å². The lowest BCUT2D eigenvalue weighted by Gasteiger charge is -2.20. The van der Waals surface area contributed by atoms with Gasteiger partial charge in [-0.15, -0.1) is 0 Å². The van der Waals surface area contributed by atoms with Gasteiger partial charge in [0.25, 0.3) is 5.91 Å². The first kappa shape index (κ1) is 17.3. The number of nitrogens with one attached hydrogen (secondary N) is 1. The lowest BCUT2D eigenvalue weighted by molar-refractivity contribution is -0.122. The summed E-state index contributed by atoms with van der Waals surface area (Å²) in [6.07, 6.45) is 4.81. The molecular weight excluding hydrogens is 314 g/mol. The van der Waals surface area contributed by atoms with E-state index in [0.717, 1.165) is 18.6 Å². The number of carbonyl (C=O) groups excluding carboxylic acids is 1. The minimum atomic E-state index is -0.521. The highest BCUT2D eigenvalue weighted by Gasteiger charge is 2.19. The van der Waals surface area contributed by atoms with Crippen LogP contribution in [-0.2, 0) is 17.6 Å². The number of amides is 1. The number of aryl methyl sites for hydroxylation is 2. The third-order valence-corrected chi connectivity index (χ3v) is 4.60. The average molecular weight is 339 g/mol. The number of anilines is 1. The van der Waals surface area contributed by atoms with E-state index >= 15 is 0 Å². The molecule has 25 heavy (non-hydrogen) atoms.